The highest BCUT2D eigenvalue weighted by Crippen LogP contribution is 2.29. The molecule has 2 N–H and O–H groups in total. The number of piperidine rings is 1. The summed E-state index contributed by atoms with van der Waals surface area (Å²) in [5.41, 5.74) is 0.425. The Labute approximate surface area is 196 Å². The maximum atomic E-state index is 13.1. The zero-order valence-electron chi connectivity index (χ0n) is 18.1. The van der Waals surface area contributed by atoms with Crippen LogP contribution < -0.4 is 10.6 Å². The molecule has 1 saturated heterocycles. The minimum Gasteiger partial charge on any atom is -0.465 e. The molecule has 2 fully saturated rings. The maximum Gasteiger partial charge on any atom is 0.339 e. The van der Waals surface area contributed by atoms with Crippen molar-refractivity contribution >= 4 is 44.1 Å². The molecule has 0 bridgehead atoms. The Kier molecular flexibility index (Phi) is 6.82. The summed E-state index contributed by atoms with van der Waals surface area (Å²) in [5.74, 6) is -1.53. The van der Waals surface area contributed by atoms with E-state index < -0.39 is 16.0 Å². The van der Waals surface area contributed by atoms with Gasteiger partial charge in [0.15, 0.2) is 0 Å². The van der Waals surface area contributed by atoms with E-state index in [4.69, 9.17) is 4.74 Å². The van der Waals surface area contributed by atoms with Crippen molar-refractivity contribution in [3.8, 4) is 0 Å². The zero-order chi connectivity index (χ0) is 23.6. The average molecular weight is 492 g/mol. The second kappa shape index (κ2) is 9.62. The highest BCUT2D eigenvalue weighted by Gasteiger charge is 2.35. The quantitative estimate of drug-likeness (QED) is 0.574. The number of rotatable bonds is 7. The molecule has 2 amide bonds. The Morgan fingerprint density at radius 3 is 2.39 bits per heavy atom. The fourth-order valence-corrected chi connectivity index (χ4v) is 6.19. The van der Waals surface area contributed by atoms with Gasteiger partial charge in [-0.15, -0.1) is 11.3 Å². The molecular weight excluding hydrogens is 466 g/mol. The molecule has 1 aliphatic heterocycles. The van der Waals surface area contributed by atoms with Crippen molar-refractivity contribution in [2.45, 2.75) is 36.6 Å². The number of hydrogen-bond donors (Lipinski definition) is 2. The highest BCUT2D eigenvalue weighted by atomic mass is 32.2. The van der Waals surface area contributed by atoms with E-state index in [-0.39, 0.29) is 47.3 Å². The van der Waals surface area contributed by atoms with Gasteiger partial charge in [0.1, 0.15) is 5.00 Å². The number of esters is 1. The fourth-order valence-electron chi connectivity index (χ4n) is 3.76. The molecule has 0 unspecified atom stereocenters. The predicted octanol–water partition coefficient (Wildman–Crippen LogP) is 2.47. The Morgan fingerprint density at radius 2 is 1.73 bits per heavy atom. The second-order valence-corrected chi connectivity index (χ2v) is 10.9. The van der Waals surface area contributed by atoms with Crippen molar-refractivity contribution in [2.24, 2.45) is 5.92 Å². The number of nitrogens with one attached hydrogen (secondary N) is 2. The number of methoxy groups -OCH3 is 1. The lowest BCUT2D eigenvalue weighted by atomic mass is 9.97. The van der Waals surface area contributed by atoms with Crippen LogP contribution in [0.2, 0.25) is 0 Å². The highest BCUT2D eigenvalue weighted by molar-refractivity contribution is 7.89. The van der Waals surface area contributed by atoms with Gasteiger partial charge >= 0.3 is 5.97 Å². The number of sulfonamides is 1. The van der Waals surface area contributed by atoms with Crippen LogP contribution in [0.3, 0.4) is 0 Å². The lowest BCUT2D eigenvalue weighted by Gasteiger charge is -2.30. The SMILES string of the molecule is COC(=O)c1ccccc1S(=O)(=O)N1CCC(C(=O)Nc2sccc2C(=O)NC2CC2)CC1. The summed E-state index contributed by atoms with van der Waals surface area (Å²) in [7, 11) is -2.72. The third-order valence-corrected chi connectivity index (χ3v) is 8.58. The number of thiophene rings is 1. The van der Waals surface area contributed by atoms with Crippen molar-refractivity contribution in [1.29, 1.82) is 0 Å². The average Bonchev–Trinajstić information content (AvgIpc) is 3.52. The molecule has 0 atom stereocenters. The van der Waals surface area contributed by atoms with Gasteiger partial charge in [-0.1, -0.05) is 12.1 Å². The van der Waals surface area contributed by atoms with Gasteiger partial charge in [0.05, 0.1) is 23.1 Å². The summed E-state index contributed by atoms with van der Waals surface area (Å²) in [6.07, 6.45) is 2.62. The van der Waals surface area contributed by atoms with Crippen LogP contribution in [0, 0.1) is 5.92 Å². The van der Waals surface area contributed by atoms with Crippen LogP contribution in [0.4, 0.5) is 5.00 Å². The first kappa shape index (κ1) is 23.4. The molecule has 176 valence electrons. The first-order valence-corrected chi connectivity index (χ1v) is 13.0. The van der Waals surface area contributed by atoms with Crippen LogP contribution >= 0.6 is 11.3 Å². The maximum absolute atomic E-state index is 13.1. The fraction of sp³-hybridized carbons (Fsp3) is 0.409. The van der Waals surface area contributed by atoms with E-state index in [0.29, 0.717) is 23.4 Å². The van der Waals surface area contributed by atoms with Crippen LogP contribution in [0.25, 0.3) is 0 Å². The van der Waals surface area contributed by atoms with E-state index in [1.54, 1.807) is 23.6 Å². The summed E-state index contributed by atoms with van der Waals surface area (Å²) < 4.78 is 32.3. The molecule has 1 aromatic carbocycles. The molecule has 9 nitrogen and oxygen atoms in total. The first-order valence-electron chi connectivity index (χ1n) is 10.7. The van der Waals surface area contributed by atoms with Gasteiger partial charge in [-0.25, -0.2) is 13.2 Å². The summed E-state index contributed by atoms with van der Waals surface area (Å²) >= 11 is 1.28. The summed E-state index contributed by atoms with van der Waals surface area (Å²) in [4.78, 5) is 37.1. The van der Waals surface area contributed by atoms with E-state index in [2.05, 4.69) is 10.6 Å². The van der Waals surface area contributed by atoms with E-state index >= 15 is 0 Å². The largest absolute Gasteiger partial charge is 0.465 e. The molecule has 1 aliphatic carbocycles. The Morgan fingerprint density at radius 1 is 1.03 bits per heavy atom. The standard InChI is InChI=1S/C22H25N3O6S2/c1-31-22(28)16-4-2-3-5-18(16)33(29,30)25-11-8-14(9-12-25)19(26)24-21-17(10-13-32-21)20(27)23-15-6-7-15/h2-5,10,13-15H,6-9,11-12H2,1H3,(H,23,27)(H,24,26). The lowest BCUT2D eigenvalue weighted by Crippen LogP contribution is -2.41. The molecule has 4 rings (SSSR count). The number of nitrogens with zero attached hydrogens (tertiary/aromatic N) is 1. The molecule has 2 heterocycles. The number of carbonyl (C=O) groups is 3. The second-order valence-electron chi connectivity index (χ2n) is 8.07. The molecule has 2 aliphatic rings. The monoisotopic (exact) mass is 491 g/mol. The number of ether oxygens (including phenoxy) is 1. The Bertz CT molecular complexity index is 1160. The van der Waals surface area contributed by atoms with Gasteiger partial charge in [0.25, 0.3) is 5.91 Å². The molecule has 0 radical (unpaired) electrons. The molecule has 0 spiro atoms. The van der Waals surface area contributed by atoms with E-state index in [1.807, 2.05) is 0 Å². The van der Waals surface area contributed by atoms with E-state index in [1.165, 1.54) is 34.9 Å². The number of benzene rings is 1. The van der Waals surface area contributed by atoms with Gasteiger partial charge in [-0.05, 0) is 49.3 Å². The van der Waals surface area contributed by atoms with Crippen LogP contribution in [0.1, 0.15) is 46.4 Å². The van der Waals surface area contributed by atoms with Crippen LogP contribution in [0.5, 0.6) is 0 Å². The van der Waals surface area contributed by atoms with Crippen molar-refractivity contribution < 1.29 is 27.5 Å². The number of amides is 2. The van der Waals surface area contributed by atoms with Gasteiger partial charge in [0, 0.05) is 25.0 Å². The number of anilines is 1. The van der Waals surface area contributed by atoms with Crippen molar-refractivity contribution in [3.63, 3.8) is 0 Å². The third kappa shape index (κ3) is 5.10. The first-order chi connectivity index (χ1) is 15.8. The normalized spacial score (nSPS) is 17.4. The van der Waals surface area contributed by atoms with Crippen molar-refractivity contribution in [1.82, 2.24) is 9.62 Å². The Hall–Kier alpha value is -2.76. The van der Waals surface area contributed by atoms with E-state index in [9.17, 15) is 22.8 Å². The Balaban J connectivity index is 1.39. The van der Waals surface area contributed by atoms with Crippen molar-refractivity contribution in [3.05, 3.63) is 46.8 Å². The molecule has 2 aromatic rings. The number of hydrogen-bond acceptors (Lipinski definition) is 7. The van der Waals surface area contributed by atoms with Gasteiger partial charge in [-0.2, -0.15) is 4.31 Å². The minimum absolute atomic E-state index is 0.0189. The van der Waals surface area contributed by atoms with Crippen LogP contribution in [0.15, 0.2) is 40.6 Å². The third-order valence-electron chi connectivity index (χ3n) is 5.79. The molecule has 1 saturated carbocycles. The van der Waals surface area contributed by atoms with Crippen LogP contribution in [-0.2, 0) is 19.6 Å². The van der Waals surface area contributed by atoms with Gasteiger partial charge in [0.2, 0.25) is 15.9 Å². The summed E-state index contributed by atoms with van der Waals surface area (Å²) in [6.45, 7) is 0.296. The van der Waals surface area contributed by atoms with Gasteiger partial charge in [-0.3, -0.25) is 9.59 Å². The minimum atomic E-state index is -3.92. The summed E-state index contributed by atoms with van der Waals surface area (Å²) in [6, 6.07) is 7.83. The van der Waals surface area contributed by atoms with Crippen molar-refractivity contribution in [2.75, 3.05) is 25.5 Å². The van der Waals surface area contributed by atoms with E-state index in [0.717, 1.165) is 12.8 Å². The zero-order valence-corrected chi connectivity index (χ0v) is 19.7. The van der Waals surface area contributed by atoms with Gasteiger partial charge < -0.3 is 15.4 Å². The number of carbonyl (C=O) groups excluding carboxylic acids is 3. The molecular formula is C22H25N3O6S2. The molecule has 33 heavy (non-hydrogen) atoms. The predicted molar refractivity (Wildman–Crippen MR) is 123 cm³/mol. The smallest absolute Gasteiger partial charge is 0.339 e. The molecule has 11 heteroatoms. The molecule has 1 aromatic heterocycles. The summed E-state index contributed by atoms with van der Waals surface area (Å²) in [5, 5.41) is 8.01. The van der Waals surface area contributed by atoms with Crippen LogP contribution in [-0.4, -0.2) is 56.7 Å². The lowest BCUT2D eigenvalue weighted by molar-refractivity contribution is -0.120. The topological polar surface area (TPSA) is 122 Å².